The maximum absolute atomic E-state index is 12.8. The fourth-order valence-electron chi connectivity index (χ4n) is 4.15. The van der Waals surface area contributed by atoms with Gasteiger partial charge in [-0.1, -0.05) is 68.1 Å². The van der Waals surface area contributed by atoms with Crippen LogP contribution in [0.4, 0.5) is 0 Å². The molecule has 2 aromatic carbocycles. The summed E-state index contributed by atoms with van der Waals surface area (Å²) in [4.78, 5) is 24.7. The molecule has 0 saturated carbocycles. The fourth-order valence-corrected chi connectivity index (χ4v) is 5.00. The number of para-hydroxylation sites is 1. The van der Waals surface area contributed by atoms with Crippen LogP contribution >= 0.6 is 11.8 Å². The number of carbonyl (C=O) groups is 1. The molecule has 3 aromatic rings. The van der Waals surface area contributed by atoms with E-state index in [1.165, 1.54) is 17.3 Å². The Labute approximate surface area is 206 Å². The number of carbonyl (C=O) groups excluding carboxylic acids is 1. The summed E-state index contributed by atoms with van der Waals surface area (Å²) >= 11 is 1.47. The van der Waals surface area contributed by atoms with Gasteiger partial charge >= 0.3 is 0 Å². The summed E-state index contributed by atoms with van der Waals surface area (Å²) in [6.45, 7) is 10.4. The lowest BCUT2D eigenvalue weighted by molar-refractivity contribution is -0.119. The number of morpholine rings is 1. The van der Waals surface area contributed by atoms with Crippen molar-refractivity contribution in [2.24, 2.45) is 5.92 Å². The third-order valence-corrected chi connectivity index (χ3v) is 6.92. The van der Waals surface area contributed by atoms with Crippen LogP contribution in [0.1, 0.15) is 43.8 Å². The molecule has 1 aliphatic rings. The van der Waals surface area contributed by atoms with Crippen molar-refractivity contribution in [2.75, 3.05) is 32.1 Å². The quantitative estimate of drug-likeness (QED) is 0.357. The minimum atomic E-state index is -0.0415. The molecule has 1 amide bonds. The number of rotatable bonds is 9. The van der Waals surface area contributed by atoms with Gasteiger partial charge in [0.15, 0.2) is 0 Å². The fraction of sp³-hybridized carbons (Fsp3) is 0.444. The molecule has 34 heavy (non-hydrogen) atoms. The number of benzene rings is 2. The number of hydrogen-bond acceptors (Lipinski definition) is 6. The van der Waals surface area contributed by atoms with Gasteiger partial charge < -0.3 is 10.1 Å². The predicted octanol–water partition coefficient (Wildman–Crippen LogP) is 4.63. The third-order valence-electron chi connectivity index (χ3n) is 5.92. The summed E-state index contributed by atoms with van der Waals surface area (Å²) in [6.07, 6.45) is 1.07. The molecule has 1 atom stereocenters. The molecule has 2 heterocycles. The Bertz CT molecular complexity index is 1100. The number of nitrogens with one attached hydrogen (secondary N) is 1. The molecule has 1 aliphatic heterocycles. The van der Waals surface area contributed by atoms with Crippen LogP contribution in [-0.4, -0.2) is 52.8 Å². The maximum atomic E-state index is 12.8. The minimum absolute atomic E-state index is 0.00109. The van der Waals surface area contributed by atoms with Crippen LogP contribution in [0.5, 0.6) is 0 Å². The van der Waals surface area contributed by atoms with Crippen molar-refractivity contribution < 1.29 is 9.53 Å². The van der Waals surface area contributed by atoms with Gasteiger partial charge in [-0.25, -0.2) is 9.97 Å². The molecule has 1 aromatic heterocycles. The summed E-state index contributed by atoms with van der Waals surface area (Å²) in [6, 6.07) is 16.5. The highest BCUT2D eigenvalue weighted by atomic mass is 32.2. The molecule has 0 bridgehead atoms. The number of thioether (sulfide) groups is 1. The predicted molar refractivity (Wildman–Crippen MR) is 138 cm³/mol. The van der Waals surface area contributed by atoms with Crippen LogP contribution in [0, 0.1) is 5.92 Å². The summed E-state index contributed by atoms with van der Waals surface area (Å²) in [5.41, 5.74) is 3.36. The van der Waals surface area contributed by atoms with Crippen LogP contribution in [0.15, 0.2) is 53.6 Å². The van der Waals surface area contributed by atoms with E-state index in [2.05, 4.69) is 48.3 Å². The van der Waals surface area contributed by atoms with Gasteiger partial charge in [-0.3, -0.25) is 9.69 Å². The van der Waals surface area contributed by atoms with E-state index in [0.29, 0.717) is 18.2 Å². The third kappa shape index (κ3) is 6.78. The number of aromatic nitrogens is 2. The highest BCUT2D eigenvalue weighted by molar-refractivity contribution is 8.00. The largest absolute Gasteiger partial charge is 0.379 e. The van der Waals surface area contributed by atoms with Crippen molar-refractivity contribution in [1.29, 1.82) is 0 Å². The molecule has 0 radical (unpaired) electrons. The van der Waals surface area contributed by atoms with Gasteiger partial charge in [0.25, 0.3) is 0 Å². The topological polar surface area (TPSA) is 67.4 Å². The van der Waals surface area contributed by atoms with Crippen LogP contribution in [0.25, 0.3) is 10.9 Å². The van der Waals surface area contributed by atoms with E-state index in [1.54, 1.807) is 0 Å². The Morgan fingerprint density at radius 1 is 1.06 bits per heavy atom. The number of amides is 1. The molecule has 1 fully saturated rings. The average molecular weight is 479 g/mol. The van der Waals surface area contributed by atoms with Gasteiger partial charge in [-0.05, 0) is 36.5 Å². The Morgan fingerprint density at radius 3 is 2.53 bits per heavy atom. The number of ether oxygens (including phenoxy) is 1. The SMILES string of the molecule is CC(C)Cc1ccc(C(C)NC(=O)CSc2nc(CN3CCOCC3)nc3ccccc23)cc1. The molecule has 0 aliphatic carbocycles. The number of hydrogen-bond donors (Lipinski definition) is 1. The zero-order valence-corrected chi connectivity index (χ0v) is 21.1. The van der Waals surface area contributed by atoms with Crippen molar-refractivity contribution >= 4 is 28.6 Å². The van der Waals surface area contributed by atoms with Gasteiger partial charge in [0.05, 0.1) is 37.1 Å². The van der Waals surface area contributed by atoms with Crippen LogP contribution < -0.4 is 5.32 Å². The van der Waals surface area contributed by atoms with E-state index >= 15 is 0 Å². The van der Waals surface area contributed by atoms with Crippen molar-refractivity contribution in [3.05, 3.63) is 65.5 Å². The highest BCUT2D eigenvalue weighted by Crippen LogP contribution is 2.26. The molecule has 0 spiro atoms. The first kappa shape index (κ1) is 24.6. The number of fused-ring (bicyclic) bond motifs is 1. The molecule has 4 rings (SSSR count). The summed E-state index contributed by atoms with van der Waals surface area (Å²) in [5.74, 6) is 1.74. The molecule has 6 nitrogen and oxygen atoms in total. The van der Waals surface area contributed by atoms with Crippen LogP contribution in [-0.2, 0) is 22.5 Å². The zero-order chi connectivity index (χ0) is 23.9. The van der Waals surface area contributed by atoms with Gasteiger partial charge in [-0.15, -0.1) is 0 Å². The second-order valence-corrected chi connectivity index (χ2v) is 10.2. The van der Waals surface area contributed by atoms with Gasteiger partial charge in [0, 0.05) is 18.5 Å². The lowest BCUT2D eigenvalue weighted by Crippen LogP contribution is -2.36. The van der Waals surface area contributed by atoms with Crippen molar-refractivity contribution in [3.63, 3.8) is 0 Å². The number of nitrogens with zero attached hydrogens (tertiary/aromatic N) is 3. The first-order chi connectivity index (χ1) is 16.5. The van der Waals surface area contributed by atoms with E-state index in [4.69, 9.17) is 14.7 Å². The average Bonchev–Trinajstić information content (AvgIpc) is 2.83. The van der Waals surface area contributed by atoms with Gasteiger partial charge in [0.1, 0.15) is 10.9 Å². The molecule has 1 unspecified atom stereocenters. The standard InChI is InChI=1S/C27H34N4O2S/c1-19(2)16-21-8-10-22(11-9-21)20(3)28-26(32)18-34-27-23-6-4-5-7-24(23)29-25(30-27)17-31-12-14-33-15-13-31/h4-11,19-20H,12-18H2,1-3H3,(H,28,32). The molecule has 180 valence electrons. The Morgan fingerprint density at radius 2 is 1.79 bits per heavy atom. The van der Waals surface area contributed by atoms with Gasteiger partial charge in [-0.2, -0.15) is 0 Å². The smallest absolute Gasteiger partial charge is 0.230 e. The first-order valence-corrected chi connectivity index (χ1v) is 13.0. The van der Waals surface area contributed by atoms with E-state index < -0.39 is 0 Å². The molecular weight excluding hydrogens is 444 g/mol. The lowest BCUT2D eigenvalue weighted by Gasteiger charge is -2.25. The van der Waals surface area contributed by atoms with Gasteiger partial charge in [0.2, 0.25) is 5.91 Å². The second-order valence-electron chi connectivity index (χ2n) is 9.27. The molecule has 7 heteroatoms. The summed E-state index contributed by atoms with van der Waals surface area (Å²) in [5, 5.41) is 4.97. The van der Waals surface area contributed by atoms with E-state index in [1.807, 2.05) is 31.2 Å². The lowest BCUT2D eigenvalue weighted by atomic mass is 10.00. The first-order valence-electron chi connectivity index (χ1n) is 12.0. The maximum Gasteiger partial charge on any atom is 0.230 e. The second kappa shape index (κ2) is 11.8. The highest BCUT2D eigenvalue weighted by Gasteiger charge is 2.16. The van der Waals surface area contributed by atoms with E-state index in [9.17, 15) is 4.79 Å². The molecular formula is C27H34N4O2S. The normalized spacial score (nSPS) is 15.5. The molecule has 1 saturated heterocycles. The Balaban J connectivity index is 1.39. The van der Waals surface area contributed by atoms with Crippen molar-refractivity contribution in [2.45, 2.75) is 44.8 Å². The summed E-state index contributed by atoms with van der Waals surface area (Å²) < 4.78 is 5.45. The molecule has 1 N–H and O–H groups in total. The zero-order valence-electron chi connectivity index (χ0n) is 20.3. The van der Waals surface area contributed by atoms with Crippen LogP contribution in [0.3, 0.4) is 0 Å². The van der Waals surface area contributed by atoms with Crippen molar-refractivity contribution in [3.8, 4) is 0 Å². The Hall–Kier alpha value is -2.48. The van der Waals surface area contributed by atoms with E-state index in [0.717, 1.165) is 60.0 Å². The van der Waals surface area contributed by atoms with Crippen LogP contribution in [0.2, 0.25) is 0 Å². The minimum Gasteiger partial charge on any atom is -0.379 e. The summed E-state index contributed by atoms with van der Waals surface area (Å²) in [7, 11) is 0. The van der Waals surface area contributed by atoms with Crippen molar-refractivity contribution in [1.82, 2.24) is 20.2 Å². The monoisotopic (exact) mass is 478 g/mol. The Kier molecular flexibility index (Phi) is 8.53. The van der Waals surface area contributed by atoms with E-state index in [-0.39, 0.29) is 11.9 Å².